The predicted octanol–water partition coefficient (Wildman–Crippen LogP) is 2.39. The van der Waals surface area contributed by atoms with Crippen LogP contribution < -0.4 is 11.1 Å². The van der Waals surface area contributed by atoms with Gasteiger partial charge in [-0.25, -0.2) is 0 Å². The lowest BCUT2D eigenvalue weighted by Gasteiger charge is -2.12. The Morgan fingerprint density at radius 1 is 1.25 bits per heavy atom. The molecule has 0 aromatic heterocycles. The number of carbonyl (C=O) groups is 1. The molecule has 3 nitrogen and oxygen atoms in total. The van der Waals surface area contributed by atoms with Crippen molar-refractivity contribution in [3.05, 3.63) is 23.3 Å². The number of halogens is 3. The molecule has 0 heterocycles. The Balaban J connectivity index is 2.99. The number of nitrogens with one attached hydrogen (secondary N) is 1. The molecule has 0 spiro atoms. The Kier molecular flexibility index (Phi) is 3.11. The molecule has 1 aromatic carbocycles. The largest absolute Gasteiger partial charge is 0.471 e. The summed E-state index contributed by atoms with van der Waals surface area (Å²) in [4.78, 5) is 10.7. The average Bonchev–Trinajstić information content (AvgIpc) is 2.12. The average molecular weight is 232 g/mol. The predicted molar refractivity (Wildman–Crippen MR) is 55.0 cm³/mol. The summed E-state index contributed by atoms with van der Waals surface area (Å²) in [6, 6.07) is 2.93. The van der Waals surface area contributed by atoms with Gasteiger partial charge in [0, 0.05) is 11.4 Å². The van der Waals surface area contributed by atoms with Gasteiger partial charge in [-0.15, -0.1) is 0 Å². The topological polar surface area (TPSA) is 55.1 Å². The zero-order valence-electron chi connectivity index (χ0n) is 8.77. The number of anilines is 2. The first-order valence-electron chi connectivity index (χ1n) is 4.46. The molecule has 0 saturated heterocycles. The molecule has 88 valence electrons. The second-order valence-corrected chi connectivity index (χ2v) is 3.48. The number of nitrogens with two attached hydrogens (primary N) is 1. The van der Waals surface area contributed by atoms with Crippen LogP contribution in [0.25, 0.3) is 0 Å². The zero-order valence-corrected chi connectivity index (χ0v) is 8.77. The van der Waals surface area contributed by atoms with Crippen LogP contribution in [0.1, 0.15) is 11.1 Å². The van der Waals surface area contributed by atoms with E-state index in [1.807, 2.05) is 0 Å². The fourth-order valence-electron chi connectivity index (χ4n) is 1.20. The van der Waals surface area contributed by atoms with Crippen molar-refractivity contribution in [3.63, 3.8) is 0 Å². The van der Waals surface area contributed by atoms with E-state index in [-0.39, 0.29) is 5.69 Å². The number of benzene rings is 1. The summed E-state index contributed by atoms with van der Waals surface area (Å²) < 4.78 is 36.0. The first kappa shape index (κ1) is 12.4. The number of nitrogen functional groups attached to an aromatic ring is 1. The van der Waals surface area contributed by atoms with E-state index in [2.05, 4.69) is 0 Å². The quantitative estimate of drug-likeness (QED) is 0.730. The van der Waals surface area contributed by atoms with E-state index in [4.69, 9.17) is 5.73 Å². The number of rotatable bonds is 1. The molecular formula is C10H11F3N2O. The van der Waals surface area contributed by atoms with Gasteiger partial charge in [0.2, 0.25) is 0 Å². The van der Waals surface area contributed by atoms with Crippen molar-refractivity contribution in [1.82, 2.24) is 0 Å². The number of alkyl halides is 3. The molecule has 0 aliphatic carbocycles. The molecule has 0 aliphatic rings. The van der Waals surface area contributed by atoms with Gasteiger partial charge in [-0.3, -0.25) is 4.79 Å². The molecule has 0 saturated carbocycles. The molecule has 0 radical (unpaired) electrons. The maximum Gasteiger partial charge on any atom is 0.471 e. The molecule has 1 rings (SSSR count). The van der Waals surface area contributed by atoms with Crippen LogP contribution in [0.3, 0.4) is 0 Å². The highest BCUT2D eigenvalue weighted by Crippen LogP contribution is 2.24. The molecular weight excluding hydrogens is 221 g/mol. The Labute approximate surface area is 90.4 Å². The number of hydrogen-bond donors (Lipinski definition) is 2. The van der Waals surface area contributed by atoms with Crippen LogP contribution in [0.4, 0.5) is 24.5 Å². The van der Waals surface area contributed by atoms with E-state index in [0.29, 0.717) is 11.3 Å². The normalized spacial score (nSPS) is 11.3. The van der Waals surface area contributed by atoms with Gasteiger partial charge in [0.15, 0.2) is 0 Å². The maximum atomic E-state index is 12.0. The number of hydrogen-bond acceptors (Lipinski definition) is 2. The maximum absolute atomic E-state index is 12.0. The highest BCUT2D eigenvalue weighted by atomic mass is 19.4. The fourth-order valence-corrected chi connectivity index (χ4v) is 1.20. The minimum atomic E-state index is -4.90. The first-order chi connectivity index (χ1) is 7.21. The van der Waals surface area contributed by atoms with Gasteiger partial charge in [0.1, 0.15) is 0 Å². The third kappa shape index (κ3) is 2.65. The highest BCUT2D eigenvalue weighted by Gasteiger charge is 2.38. The van der Waals surface area contributed by atoms with Gasteiger partial charge in [-0.1, -0.05) is 6.07 Å². The lowest BCUT2D eigenvalue weighted by Crippen LogP contribution is -2.30. The van der Waals surface area contributed by atoms with Crippen LogP contribution in [-0.4, -0.2) is 12.1 Å². The molecule has 6 heteroatoms. The number of amides is 1. The SMILES string of the molecule is Cc1cc(C)c(NC(=O)C(F)(F)F)cc1N. The second kappa shape index (κ2) is 4.03. The smallest absolute Gasteiger partial charge is 0.398 e. The van der Waals surface area contributed by atoms with Crippen molar-refractivity contribution in [1.29, 1.82) is 0 Å². The molecule has 1 amide bonds. The standard InChI is InChI=1S/C10H11F3N2O/c1-5-3-6(2)8(4-7(5)14)15-9(16)10(11,12)13/h3-4H,14H2,1-2H3,(H,15,16). The molecule has 3 N–H and O–H groups in total. The van der Waals surface area contributed by atoms with Gasteiger partial charge in [0.05, 0.1) is 0 Å². The van der Waals surface area contributed by atoms with Crippen molar-refractivity contribution < 1.29 is 18.0 Å². The highest BCUT2D eigenvalue weighted by molar-refractivity contribution is 5.96. The molecule has 16 heavy (non-hydrogen) atoms. The minimum Gasteiger partial charge on any atom is -0.398 e. The second-order valence-electron chi connectivity index (χ2n) is 3.48. The molecule has 1 aromatic rings. The molecule has 0 atom stereocenters. The van der Waals surface area contributed by atoms with E-state index >= 15 is 0 Å². The van der Waals surface area contributed by atoms with Crippen LogP contribution in [-0.2, 0) is 4.79 Å². The van der Waals surface area contributed by atoms with Crippen LogP contribution in [0.15, 0.2) is 12.1 Å². The fraction of sp³-hybridized carbons (Fsp3) is 0.300. The van der Waals surface area contributed by atoms with Gasteiger partial charge in [-0.2, -0.15) is 13.2 Å². The first-order valence-corrected chi connectivity index (χ1v) is 4.46. The minimum absolute atomic E-state index is 0.0745. The number of aryl methyl sites for hydroxylation is 2. The summed E-state index contributed by atoms with van der Waals surface area (Å²) in [6.45, 7) is 3.33. The van der Waals surface area contributed by atoms with E-state index in [1.54, 1.807) is 25.2 Å². The Hall–Kier alpha value is -1.72. The summed E-state index contributed by atoms with van der Waals surface area (Å²) in [6.07, 6.45) is -4.90. The van der Waals surface area contributed by atoms with Crippen LogP contribution in [0, 0.1) is 13.8 Å². The Bertz CT molecular complexity index is 427. The zero-order chi connectivity index (χ0) is 12.5. The lowest BCUT2D eigenvalue weighted by atomic mass is 10.1. The molecule has 0 aliphatic heterocycles. The molecule has 0 bridgehead atoms. The summed E-state index contributed by atoms with van der Waals surface area (Å²) in [5.74, 6) is -2.00. The van der Waals surface area contributed by atoms with E-state index < -0.39 is 12.1 Å². The molecule has 0 unspecified atom stereocenters. The van der Waals surface area contributed by atoms with Gasteiger partial charge in [0.25, 0.3) is 0 Å². The van der Waals surface area contributed by atoms with Crippen molar-refractivity contribution in [2.75, 3.05) is 11.1 Å². The van der Waals surface area contributed by atoms with Crippen molar-refractivity contribution >= 4 is 17.3 Å². The Morgan fingerprint density at radius 3 is 2.31 bits per heavy atom. The summed E-state index contributed by atoms with van der Waals surface area (Å²) in [7, 11) is 0. The van der Waals surface area contributed by atoms with Gasteiger partial charge < -0.3 is 11.1 Å². The monoisotopic (exact) mass is 232 g/mol. The Morgan fingerprint density at radius 2 is 1.81 bits per heavy atom. The van der Waals surface area contributed by atoms with Gasteiger partial charge in [-0.05, 0) is 31.0 Å². The lowest BCUT2D eigenvalue weighted by molar-refractivity contribution is -0.167. The number of carbonyl (C=O) groups excluding carboxylic acids is 1. The summed E-state index contributed by atoms with van der Waals surface area (Å²) >= 11 is 0. The van der Waals surface area contributed by atoms with E-state index in [0.717, 1.165) is 5.56 Å². The van der Waals surface area contributed by atoms with Crippen LogP contribution in [0.2, 0.25) is 0 Å². The summed E-state index contributed by atoms with van der Waals surface area (Å²) in [5, 5.41) is 1.77. The van der Waals surface area contributed by atoms with Crippen LogP contribution in [0.5, 0.6) is 0 Å². The van der Waals surface area contributed by atoms with Crippen LogP contribution >= 0.6 is 0 Å². The van der Waals surface area contributed by atoms with Crippen molar-refractivity contribution in [3.8, 4) is 0 Å². The third-order valence-electron chi connectivity index (χ3n) is 2.12. The molecule has 0 fully saturated rings. The summed E-state index contributed by atoms with van der Waals surface area (Å²) in [5.41, 5.74) is 7.24. The third-order valence-corrected chi connectivity index (χ3v) is 2.12. The van der Waals surface area contributed by atoms with E-state index in [9.17, 15) is 18.0 Å². The van der Waals surface area contributed by atoms with Crippen molar-refractivity contribution in [2.45, 2.75) is 20.0 Å². The van der Waals surface area contributed by atoms with Crippen molar-refractivity contribution in [2.24, 2.45) is 0 Å². The van der Waals surface area contributed by atoms with Gasteiger partial charge >= 0.3 is 12.1 Å². The van der Waals surface area contributed by atoms with E-state index in [1.165, 1.54) is 6.07 Å².